The second-order valence-corrected chi connectivity index (χ2v) is 8.98. The monoisotopic (exact) mass is 456 g/mol. The van der Waals surface area contributed by atoms with E-state index in [0.29, 0.717) is 11.6 Å². The lowest BCUT2D eigenvalue weighted by molar-refractivity contribution is -0.113. The van der Waals surface area contributed by atoms with Gasteiger partial charge in [0.25, 0.3) is 0 Å². The zero-order valence-corrected chi connectivity index (χ0v) is 20.0. The molecule has 0 aliphatic carbocycles. The van der Waals surface area contributed by atoms with E-state index < -0.39 is 0 Å². The van der Waals surface area contributed by atoms with Crippen LogP contribution in [-0.4, -0.2) is 26.4 Å². The number of aryl methyl sites for hydroxylation is 3. The summed E-state index contributed by atoms with van der Waals surface area (Å²) < 4.78 is 2.06. The van der Waals surface area contributed by atoms with E-state index in [1.165, 1.54) is 17.3 Å². The molecule has 4 rings (SSSR count). The van der Waals surface area contributed by atoms with Crippen LogP contribution in [0.25, 0.3) is 5.69 Å². The first-order valence-corrected chi connectivity index (χ1v) is 12.1. The normalized spacial score (nSPS) is 10.9. The van der Waals surface area contributed by atoms with Crippen LogP contribution in [0, 0.1) is 13.8 Å². The summed E-state index contributed by atoms with van der Waals surface area (Å²) in [5.74, 6) is 1.06. The molecule has 6 heteroatoms. The van der Waals surface area contributed by atoms with Crippen LogP contribution >= 0.6 is 11.8 Å². The lowest BCUT2D eigenvalue weighted by Crippen LogP contribution is -2.16. The van der Waals surface area contributed by atoms with E-state index in [4.69, 9.17) is 0 Å². The van der Waals surface area contributed by atoms with Crippen LogP contribution in [0.1, 0.15) is 35.0 Å². The molecule has 0 atom stereocenters. The van der Waals surface area contributed by atoms with Crippen molar-refractivity contribution < 1.29 is 4.79 Å². The first-order chi connectivity index (χ1) is 16.0. The van der Waals surface area contributed by atoms with Gasteiger partial charge >= 0.3 is 0 Å². The summed E-state index contributed by atoms with van der Waals surface area (Å²) in [4.78, 5) is 12.8. The summed E-state index contributed by atoms with van der Waals surface area (Å²) in [5, 5.41) is 12.7. The van der Waals surface area contributed by atoms with E-state index in [-0.39, 0.29) is 11.7 Å². The predicted molar refractivity (Wildman–Crippen MR) is 135 cm³/mol. The van der Waals surface area contributed by atoms with Crippen LogP contribution in [-0.2, 0) is 17.6 Å². The predicted octanol–water partition coefficient (Wildman–Crippen LogP) is 5.77. The van der Waals surface area contributed by atoms with Gasteiger partial charge in [-0.15, -0.1) is 10.2 Å². The summed E-state index contributed by atoms with van der Waals surface area (Å²) in [5.41, 5.74) is 6.45. The van der Waals surface area contributed by atoms with Crippen molar-refractivity contribution in [2.75, 3.05) is 11.1 Å². The number of para-hydroxylation sites is 1. The van der Waals surface area contributed by atoms with Gasteiger partial charge in [0.15, 0.2) is 5.16 Å². The molecule has 168 valence electrons. The number of nitrogens with one attached hydrogen (secondary N) is 1. The lowest BCUT2D eigenvalue weighted by Gasteiger charge is -2.13. The van der Waals surface area contributed by atoms with Crippen molar-refractivity contribution in [1.29, 1.82) is 0 Å². The number of carbonyl (C=O) groups is 1. The molecule has 0 aliphatic heterocycles. The molecule has 0 unspecified atom stereocenters. The highest BCUT2D eigenvalue weighted by Gasteiger charge is 2.17. The van der Waals surface area contributed by atoms with Gasteiger partial charge < -0.3 is 5.32 Å². The van der Waals surface area contributed by atoms with Gasteiger partial charge in [0.05, 0.1) is 5.75 Å². The number of anilines is 1. The van der Waals surface area contributed by atoms with Gasteiger partial charge in [-0.3, -0.25) is 9.36 Å². The molecule has 0 radical (unpaired) electrons. The Morgan fingerprint density at radius 3 is 2.52 bits per heavy atom. The molecule has 1 heterocycles. The van der Waals surface area contributed by atoms with Crippen molar-refractivity contribution in [1.82, 2.24) is 14.8 Å². The summed E-state index contributed by atoms with van der Waals surface area (Å²) in [6.07, 6.45) is 1.53. The zero-order chi connectivity index (χ0) is 23.2. The second kappa shape index (κ2) is 10.5. The molecule has 0 aliphatic rings. The molecule has 1 amide bonds. The fourth-order valence-corrected chi connectivity index (χ4v) is 4.59. The highest BCUT2D eigenvalue weighted by Crippen LogP contribution is 2.26. The van der Waals surface area contributed by atoms with E-state index in [2.05, 4.69) is 70.3 Å². The van der Waals surface area contributed by atoms with Gasteiger partial charge in [-0.25, -0.2) is 0 Å². The van der Waals surface area contributed by atoms with E-state index in [9.17, 15) is 4.79 Å². The van der Waals surface area contributed by atoms with Crippen molar-refractivity contribution in [3.63, 3.8) is 0 Å². The van der Waals surface area contributed by atoms with Gasteiger partial charge in [0, 0.05) is 17.8 Å². The number of rotatable bonds is 8. The van der Waals surface area contributed by atoms with Gasteiger partial charge in [-0.2, -0.15) is 0 Å². The Balaban J connectivity index is 1.57. The Hall–Kier alpha value is -3.38. The molecule has 1 N–H and O–H groups in total. The standard InChI is InChI=1S/C27H28N4OS/c1-4-22-14-9-11-20(3)26(22)28-25(32)18-33-27-30-29-24(17-21-12-6-5-7-13-21)31(27)23-15-8-10-19(2)16-23/h5-16H,4,17-18H2,1-3H3,(H,28,32). The van der Waals surface area contributed by atoms with Crippen LogP contribution in [0.3, 0.4) is 0 Å². The van der Waals surface area contributed by atoms with Crippen molar-refractivity contribution >= 4 is 23.4 Å². The SMILES string of the molecule is CCc1cccc(C)c1NC(=O)CSc1nnc(Cc2ccccc2)n1-c1cccc(C)c1. The molecule has 5 nitrogen and oxygen atoms in total. The van der Waals surface area contributed by atoms with Gasteiger partial charge in [-0.05, 0) is 54.7 Å². The molecule has 0 fully saturated rings. The smallest absolute Gasteiger partial charge is 0.234 e. The largest absolute Gasteiger partial charge is 0.325 e. The van der Waals surface area contributed by atoms with Gasteiger partial charge in [0.2, 0.25) is 5.91 Å². The minimum absolute atomic E-state index is 0.0487. The lowest BCUT2D eigenvalue weighted by atomic mass is 10.1. The number of benzene rings is 3. The second-order valence-electron chi connectivity index (χ2n) is 8.04. The molecule has 0 saturated heterocycles. The number of thioether (sulfide) groups is 1. The highest BCUT2D eigenvalue weighted by atomic mass is 32.2. The zero-order valence-electron chi connectivity index (χ0n) is 19.2. The molecule has 33 heavy (non-hydrogen) atoms. The molecule has 0 spiro atoms. The van der Waals surface area contributed by atoms with E-state index in [0.717, 1.165) is 40.3 Å². The third-order valence-corrected chi connectivity index (χ3v) is 6.43. The topological polar surface area (TPSA) is 59.8 Å². The summed E-state index contributed by atoms with van der Waals surface area (Å²) in [6.45, 7) is 6.18. The van der Waals surface area contributed by atoms with Crippen molar-refractivity contribution in [3.8, 4) is 5.69 Å². The van der Waals surface area contributed by atoms with Gasteiger partial charge in [-0.1, -0.05) is 79.3 Å². The van der Waals surface area contributed by atoms with E-state index in [1.807, 2.05) is 43.3 Å². The van der Waals surface area contributed by atoms with Crippen LogP contribution in [0.4, 0.5) is 5.69 Å². The average Bonchev–Trinajstić information content (AvgIpc) is 3.22. The van der Waals surface area contributed by atoms with Gasteiger partial charge in [0.1, 0.15) is 5.82 Å². The van der Waals surface area contributed by atoms with E-state index in [1.54, 1.807) is 0 Å². The summed E-state index contributed by atoms with van der Waals surface area (Å²) >= 11 is 1.40. The van der Waals surface area contributed by atoms with Crippen molar-refractivity contribution in [3.05, 3.63) is 101 Å². The number of carbonyl (C=O) groups excluding carboxylic acids is 1. The number of aromatic nitrogens is 3. The molecule has 0 saturated carbocycles. The fourth-order valence-electron chi connectivity index (χ4n) is 3.82. The molecule has 1 aromatic heterocycles. The summed E-state index contributed by atoms with van der Waals surface area (Å²) in [7, 11) is 0. The molecular weight excluding hydrogens is 428 g/mol. The minimum atomic E-state index is -0.0487. The number of hydrogen-bond acceptors (Lipinski definition) is 4. The summed E-state index contributed by atoms with van der Waals surface area (Å²) in [6, 6.07) is 24.6. The number of hydrogen-bond donors (Lipinski definition) is 1. The maximum atomic E-state index is 12.8. The van der Waals surface area contributed by atoms with Crippen molar-refractivity contribution in [2.24, 2.45) is 0 Å². The maximum absolute atomic E-state index is 12.8. The highest BCUT2D eigenvalue weighted by molar-refractivity contribution is 7.99. The maximum Gasteiger partial charge on any atom is 0.234 e. The Labute approximate surface area is 199 Å². The van der Waals surface area contributed by atoms with Crippen LogP contribution in [0.5, 0.6) is 0 Å². The molecular formula is C27H28N4OS. The Morgan fingerprint density at radius 2 is 1.76 bits per heavy atom. The van der Waals surface area contributed by atoms with Crippen LogP contribution in [0.2, 0.25) is 0 Å². The Morgan fingerprint density at radius 1 is 0.970 bits per heavy atom. The van der Waals surface area contributed by atoms with Crippen LogP contribution in [0.15, 0.2) is 78.0 Å². The Kier molecular flexibility index (Phi) is 7.25. The molecule has 0 bridgehead atoms. The Bertz CT molecular complexity index is 1250. The molecule has 3 aromatic carbocycles. The quantitative estimate of drug-likeness (QED) is 0.342. The first-order valence-electron chi connectivity index (χ1n) is 11.1. The van der Waals surface area contributed by atoms with Crippen LogP contribution < -0.4 is 5.32 Å². The number of amides is 1. The third kappa shape index (κ3) is 5.52. The number of nitrogens with zero attached hydrogens (tertiary/aromatic N) is 3. The average molecular weight is 457 g/mol. The fraction of sp³-hybridized carbons (Fsp3) is 0.222. The third-order valence-electron chi connectivity index (χ3n) is 5.50. The first kappa shape index (κ1) is 22.8. The van der Waals surface area contributed by atoms with E-state index >= 15 is 0 Å². The molecule has 4 aromatic rings. The van der Waals surface area contributed by atoms with Crippen molar-refractivity contribution in [2.45, 2.75) is 38.8 Å². The minimum Gasteiger partial charge on any atom is -0.325 e.